The molecular weight excluding hydrogens is 284 g/mol. The van der Waals surface area contributed by atoms with Crippen LogP contribution in [0.2, 0.25) is 0 Å². The number of hydrogen-bond donors (Lipinski definition) is 1. The van der Waals surface area contributed by atoms with Crippen LogP contribution in [-0.4, -0.2) is 65.3 Å². The highest BCUT2D eigenvalue weighted by Crippen LogP contribution is 2.23. The lowest BCUT2D eigenvalue weighted by Gasteiger charge is -2.32. The number of amides is 1. The number of piperidine rings is 1. The molecule has 1 amide bonds. The van der Waals surface area contributed by atoms with Gasteiger partial charge in [-0.1, -0.05) is 0 Å². The lowest BCUT2D eigenvalue weighted by atomic mass is 9.96. The van der Waals surface area contributed by atoms with Crippen LogP contribution < -0.4 is 0 Å². The summed E-state index contributed by atoms with van der Waals surface area (Å²) in [5, 5.41) is 9.02. The molecular formula is C16H28N2O4. The van der Waals surface area contributed by atoms with Crippen LogP contribution in [0.1, 0.15) is 40.0 Å². The highest BCUT2D eigenvalue weighted by Gasteiger charge is 2.32. The van der Waals surface area contributed by atoms with E-state index in [4.69, 9.17) is 9.84 Å². The summed E-state index contributed by atoms with van der Waals surface area (Å²) in [6.45, 7) is 9.78. The average molecular weight is 312 g/mol. The number of nitrogens with zero attached hydrogens (tertiary/aromatic N) is 2. The second kappa shape index (κ2) is 6.86. The highest BCUT2D eigenvalue weighted by molar-refractivity contribution is 5.70. The average Bonchev–Trinajstić information content (AvgIpc) is 2.86. The normalized spacial score (nSPS) is 24.5. The van der Waals surface area contributed by atoms with E-state index in [1.165, 1.54) is 0 Å². The van der Waals surface area contributed by atoms with Crippen molar-refractivity contribution in [1.82, 2.24) is 9.80 Å². The van der Waals surface area contributed by atoms with Crippen LogP contribution in [0.25, 0.3) is 0 Å². The number of likely N-dealkylation sites (tertiary alicyclic amines) is 2. The summed E-state index contributed by atoms with van der Waals surface area (Å²) in [6.07, 6.45) is 2.24. The van der Waals surface area contributed by atoms with Crippen LogP contribution in [0.5, 0.6) is 0 Å². The Bertz CT molecular complexity index is 411. The minimum atomic E-state index is -0.670. The van der Waals surface area contributed by atoms with E-state index in [-0.39, 0.29) is 12.0 Å². The second-order valence-corrected chi connectivity index (χ2v) is 7.49. The van der Waals surface area contributed by atoms with Gasteiger partial charge in [0.1, 0.15) is 5.60 Å². The quantitative estimate of drug-likeness (QED) is 0.863. The molecule has 1 unspecified atom stereocenters. The molecule has 6 nitrogen and oxygen atoms in total. The zero-order valence-electron chi connectivity index (χ0n) is 13.9. The first-order chi connectivity index (χ1) is 10.2. The van der Waals surface area contributed by atoms with E-state index in [2.05, 4.69) is 4.90 Å². The highest BCUT2D eigenvalue weighted by atomic mass is 16.6. The number of carboxylic acid groups (broad SMARTS) is 1. The fraction of sp³-hybridized carbons (Fsp3) is 0.875. The van der Waals surface area contributed by atoms with Crippen LogP contribution in [-0.2, 0) is 9.53 Å². The van der Waals surface area contributed by atoms with Gasteiger partial charge in [-0.15, -0.1) is 0 Å². The first-order valence-electron chi connectivity index (χ1n) is 8.17. The maximum absolute atomic E-state index is 12.0. The van der Waals surface area contributed by atoms with Gasteiger partial charge in [0.05, 0.1) is 5.92 Å². The smallest absolute Gasteiger partial charge is 0.410 e. The van der Waals surface area contributed by atoms with E-state index < -0.39 is 11.6 Å². The van der Waals surface area contributed by atoms with Crippen LogP contribution in [0, 0.1) is 11.8 Å². The molecule has 2 aliphatic heterocycles. The van der Waals surface area contributed by atoms with Crippen LogP contribution in [0.3, 0.4) is 0 Å². The summed E-state index contributed by atoms with van der Waals surface area (Å²) in [4.78, 5) is 27.1. The maximum atomic E-state index is 12.0. The van der Waals surface area contributed by atoms with Gasteiger partial charge in [-0.2, -0.15) is 0 Å². The third kappa shape index (κ3) is 4.87. The van der Waals surface area contributed by atoms with Gasteiger partial charge in [0.25, 0.3) is 0 Å². The molecule has 2 fully saturated rings. The van der Waals surface area contributed by atoms with Gasteiger partial charge in [0.2, 0.25) is 0 Å². The Morgan fingerprint density at radius 3 is 2.32 bits per heavy atom. The number of carboxylic acids is 1. The number of ether oxygens (including phenoxy) is 1. The molecule has 0 aliphatic carbocycles. The Labute approximate surface area is 132 Å². The van der Waals surface area contributed by atoms with E-state index in [1.807, 2.05) is 20.8 Å². The summed E-state index contributed by atoms with van der Waals surface area (Å²) in [7, 11) is 0. The third-order valence-electron chi connectivity index (χ3n) is 4.39. The van der Waals surface area contributed by atoms with Crippen molar-refractivity contribution < 1.29 is 19.4 Å². The second-order valence-electron chi connectivity index (χ2n) is 7.49. The largest absolute Gasteiger partial charge is 0.481 e. The Hall–Kier alpha value is -1.30. The molecule has 0 spiro atoms. The first-order valence-corrected chi connectivity index (χ1v) is 8.17. The minimum Gasteiger partial charge on any atom is -0.481 e. The lowest BCUT2D eigenvalue weighted by molar-refractivity contribution is -0.143. The summed E-state index contributed by atoms with van der Waals surface area (Å²) in [6, 6.07) is 0. The van der Waals surface area contributed by atoms with Crippen molar-refractivity contribution >= 4 is 12.1 Å². The molecule has 0 radical (unpaired) electrons. The Kier molecular flexibility index (Phi) is 5.32. The van der Waals surface area contributed by atoms with Gasteiger partial charge in [0.15, 0.2) is 0 Å². The molecule has 0 saturated carbocycles. The maximum Gasteiger partial charge on any atom is 0.410 e. The molecule has 2 heterocycles. The molecule has 1 N–H and O–H groups in total. The fourth-order valence-electron chi connectivity index (χ4n) is 3.20. The van der Waals surface area contributed by atoms with E-state index in [0.29, 0.717) is 5.92 Å². The molecule has 126 valence electrons. The standard InChI is InChI=1S/C16H28N2O4/c1-16(2,3)22-15(21)18-9-4-12(11-18)10-17-7-5-13(6-8-17)14(19)20/h12-13H,4-11H2,1-3H3,(H,19,20). The Morgan fingerprint density at radius 2 is 1.77 bits per heavy atom. The molecule has 2 saturated heterocycles. The zero-order valence-corrected chi connectivity index (χ0v) is 13.9. The molecule has 0 aromatic heterocycles. The summed E-state index contributed by atoms with van der Waals surface area (Å²) in [5.74, 6) is -0.386. The van der Waals surface area contributed by atoms with Crippen molar-refractivity contribution in [3.63, 3.8) is 0 Å². The summed E-state index contributed by atoms with van der Waals surface area (Å²) >= 11 is 0. The van der Waals surface area contributed by atoms with Gasteiger partial charge in [-0.25, -0.2) is 4.79 Å². The van der Waals surface area contributed by atoms with Crippen molar-refractivity contribution in [3.05, 3.63) is 0 Å². The summed E-state index contributed by atoms with van der Waals surface area (Å²) < 4.78 is 5.41. The van der Waals surface area contributed by atoms with Gasteiger partial charge >= 0.3 is 12.1 Å². The molecule has 2 aliphatic rings. The van der Waals surface area contributed by atoms with Crippen molar-refractivity contribution in [2.24, 2.45) is 11.8 Å². The third-order valence-corrected chi connectivity index (χ3v) is 4.39. The van der Waals surface area contributed by atoms with Crippen molar-refractivity contribution in [3.8, 4) is 0 Å². The van der Waals surface area contributed by atoms with E-state index in [1.54, 1.807) is 4.90 Å². The van der Waals surface area contributed by atoms with Crippen LogP contribution >= 0.6 is 0 Å². The molecule has 6 heteroatoms. The lowest BCUT2D eigenvalue weighted by Crippen LogP contribution is -2.40. The number of rotatable bonds is 3. The van der Waals surface area contributed by atoms with Gasteiger partial charge in [-0.05, 0) is 59.0 Å². The molecule has 0 aromatic rings. The van der Waals surface area contributed by atoms with Crippen molar-refractivity contribution in [2.45, 2.75) is 45.6 Å². The van der Waals surface area contributed by atoms with Crippen LogP contribution in [0.15, 0.2) is 0 Å². The Balaban J connectivity index is 1.73. The monoisotopic (exact) mass is 312 g/mol. The van der Waals surface area contributed by atoms with E-state index in [0.717, 1.165) is 52.0 Å². The van der Waals surface area contributed by atoms with E-state index >= 15 is 0 Å². The minimum absolute atomic E-state index is 0.182. The van der Waals surface area contributed by atoms with Gasteiger partial charge < -0.3 is 19.6 Å². The molecule has 0 aromatic carbocycles. The first kappa shape index (κ1) is 17.1. The number of hydrogen-bond acceptors (Lipinski definition) is 4. The Morgan fingerprint density at radius 1 is 1.14 bits per heavy atom. The zero-order chi connectivity index (χ0) is 16.3. The van der Waals surface area contributed by atoms with Gasteiger partial charge in [-0.3, -0.25) is 4.79 Å². The van der Waals surface area contributed by atoms with Crippen molar-refractivity contribution in [1.29, 1.82) is 0 Å². The molecule has 22 heavy (non-hydrogen) atoms. The predicted molar refractivity (Wildman–Crippen MR) is 82.7 cm³/mol. The summed E-state index contributed by atoms with van der Waals surface area (Å²) in [5.41, 5.74) is -0.451. The van der Waals surface area contributed by atoms with Crippen molar-refractivity contribution in [2.75, 3.05) is 32.7 Å². The number of aliphatic carboxylic acids is 1. The molecule has 0 bridgehead atoms. The number of carbonyl (C=O) groups excluding carboxylic acids is 1. The topological polar surface area (TPSA) is 70.1 Å². The molecule has 2 rings (SSSR count). The predicted octanol–water partition coefficient (Wildman–Crippen LogP) is 2.04. The fourth-order valence-corrected chi connectivity index (χ4v) is 3.20. The SMILES string of the molecule is CC(C)(C)OC(=O)N1CCC(CN2CCC(C(=O)O)CC2)C1. The molecule has 1 atom stereocenters. The van der Waals surface area contributed by atoms with E-state index in [9.17, 15) is 9.59 Å². The van der Waals surface area contributed by atoms with Crippen LogP contribution in [0.4, 0.5) is 4.79 Å². The van der Waals surface area contributed by atoms with Gasteiger partial charge in [0, 0.05) is 19.6 Å². The number of carbonyl (C=O) groups is 2.